The number of aliphatic hydroxyl groups is 1. The molecule has 0 radical (unpaired) electrons. The van der Waals surface area contributed by atoms with Crippen LogP contribution in [0.2, 0.25) is 0 Å². The lowest BCUT2D eigenvalue weighted by molar-refractivity contribution is 0.109. The van der Waals surface area contributed by atoms with E-state index in [0.717, 1.165) is 32.2 Å². The summed E-state index contributed by atoms with van der Waals surface area (Å²) in [4.78, 5) is 20.9. The van der Waals surface area contributed by atoms with Gasteiger partial charge in [-0.2, -0.15) is 0 Å². The van der Waals surface area contributed by atoms with Gasteiger partial charge in [-0.3, -0.25) is 4.79 Å². The van der Waals surface area contributed by atoms with Crippen LogP contribution in [-0.2, 0) is 0 Å². The second-order valence-electron chi connectivity index (χ2n) is 4.50. The highest BCUT2D eigenvalue weighted by Gasteiger charge is 2.23. The lowest BCUT2D eigenvalue weighted by Crippen LogP contribution is -2.37. The van der Waals surface area contributed by atoms with E-state index in [0.29, 0.717) is 17.4 Å². The first-order chi connectivity index (χ1) is 8.20. The first kappa shape index (κ1) is 12.0. The average Bonchev–Trinajstić information content (AvgIpc) is 2.39. The molecule has 5 nitrogen and oxygen atoms in total. The van der Waals surface area contributed by atoms with Crippen LogP contribution in [0.3, 0.4) is 0 Å². The summed E-state index contributed by atoms with van der Waals surface area (Å²) in [5.41, 5.74) is 0.493. The molecule has 92 valence electrons. The predicted molar refractivity (Wildman–Crippen MR) is 64.0 cm³/mol. The van der Waals surface area contributed by atoms with Crippen LogP contribution >= 0.6 is 0 Å². The fourth-order valence-corrected chi connectivity index (χ4v) is 2.14. The molecule has 0 spiro atoms. The molecule has 17 heavy (non-hydrogen) atoms. The van der Waals surface area contributed by atoms with Gasteiger partial charge in [0.1, 0.15) is 0 Å². The molecule has 1 fully saturated rings. The fourth-order valence-electron chi connectivity index (χ4n) is 2.14. The third-order valence-electron chi connectivity index (χ3n) is 3.30. The third-order valence-corrected chi connectivity index (χ3v) is 3.30. The van der Waals surface area contributed by atoms with E-state index in [1.807, 2.05) is 6.92 Å². The third kappa shape index (κ3) is 2.79. The molecule has 0 saturated carbocycles. The van der Waals surface area contributed by atoms with Crippen molar-refractivity contribution < 1.29 is 9.90 Å². The van der Waals surface area contributed by atoms with Crippen LogP contribution in [0.25, 0.3) is 0 Å². The topological polar surface area (TPSA) is 66.3 Å². The van der Waals surface area contributed by atoms with Crippen molar-refractivity contribution in [3.8, 4) is 0 Å². The van der Waals surface area contributed by atoms with Crippen LogP contribution in [0.5, 0.6) is 0 Å². The first-order valence-electron chi connectivity index (χ1n) is 5.91. The Balaban J connectivity index is 1.97. The van der Waals surface area contributed by atoms with E-state index in [1.165, 1.54) is 12.4 Å². The minimum atomic E-state index is -0.240. The monoisotopic (exact) mass is 235 g/mol. The molecule has 1 atom stereocenters. The van der Waals surface area contributed by atoms with Crippen molar-refractivity contribution in [1.29, 1.82) is 0 Å². The van der Waals surface area contributed by atoms with E-state index in [2.05, 4.69) is 14.9 Å². The molecule has 0 amide bonds. The van der Waals surface area contributed by atoms with E-state index in [4.69, 9.17) is 0 Å². The van der Waals surface area contributed by atoms with Crippen molar-refractivity contribution in [2.75, 3.05) is 18.0 Å². The standard InChI is InChI=1S/C12H17N3O2/c1-9(17)11-2-4-15(5-3-11)12-13-6-10(8-16)7-14-12/h6-9,11,17H,2-5H2,1H3. The zero-order valence-corrected chi connectivity index (χ0v) is 9.91. The number of hydrogen-bond acceptors (Lipinski definition) is 5. The Bertz CT molecular complexity index is 370. The maximum Gasteiger partial charge on any atom is 0.225 e. The summed E-state index contributed by atoms with van der Waals surface area (Å²) in [7, 11) is 0. The summed E-state index contributed by atoms with van der Waals surface area (Å²) in [6, 6.07) is 0. The Morgan fingerprint density at radius 2 is 2.00 bits per heavy atom. The zero-order chi connectivity index (χ0) is 12.3. The quantitative estimate of drug-likeness (QED) is 0.788. The second-order valence-corrected chi connectivity index (χ2v) is 4.50. The zero-order valence-electron chi connectivity index (χ0n) is 9.91. The van der Waals surface area contributed by atoms with Crippen molar-refractivity contribution >= 4 is 12.2 Å². The normalized spacial score (nSPS) is 19.1. The summed E-state index contributed by atoms with van der Waals surface area (Å²) in [5.74, 6) is 1.04. The molecule has 2 rings (SSSR count). The van der Waals surface area contributed by atoms with Crippen LogP contribution in [0.15, 0.2) is 12.4 Å². The summed E-state index contributed by atoms with van der Waals surface area (Å²) >= 11 is 0. The van der Waals surface area contributed by atoms with Gasteiger partial charge >= 0.3 is 0 Å². The maximum absolute atomic E-state index is 10.5. The fraction of sp³-hybridized carbons (Fsp3) is 0.583. The molecule has 1 aromatic heterocycles. The highest BCUT2D eigenvalue weighted by Crippen LogP contribution is 2.22. The van der Waals surface area contributed by atoms with Crippen LogP contribution in [0.1, 0.15) is 30.1 Å². The number of hydrogen-bond donors (Lipinski definition) is 1. The smallest absolute Gasteiger partial charge is 0.225 e. The van der Waals surface area contributed by atoms with Gasteiger partial charge in [0.2, 0.25) is 5.95 Å². The van der Waals surface area contributed by atoms with Gasteiger partial charge in [-0.1, -0.05) is 0 Å². The van der Waals surface area contributed by atoms with E-state index in [9.17, 15) is 9.90 Å². The number of anilines is 1. The van der Waals surface area contributed by atoms with Crippen LogP contribution in [0.4, 0.5) is 5.95 Å². The first-order valence-corrected chi connectivity index (χ1v) is 5.91. The molecule has 1 saturated heterocycles. The lowest BCUT2D eigenvalue weighted by atomic mass is 9.92. The average molecular weight is 235 g/mol. The Hall–Kier alpha value is -1.49. The SMILES string of the molecule is CC(O)C1CCN(c2ncc(C=O)cn2)CC1. The van der Waals surface area contributed by atoms with Crippen molar-refractivity contribution in [1.82, 2.24) is 9.97 Å². The molecule has 1 unspecified atom stereocenters. The molecular weight excluding hydrogens is 218 g/mol. The van der Waals surface area contributed by atoms with Gasteiger partial charge in [-0.25, -0.2) is 9.97 Å². The minimum absolute atomic E-state index is 0.240. The number of aliphatic hydroxyl groups excluding tert-OH is 1. The summed E-state index contributed by atoms with van der Waals surface area (Å²) in [6.45, 7) is 3.56. The van der Waals surface area contributed by atoms with E-state index in [-0.39, 0.29) is 6.10 Å². The van der Waals surface area contributed by atoms with Crippen molar-refractivity contribution in [2.24, 2.45) is 5.92 Å². The molecular formula is C12H17N3O2. The molecule has 5 heteroatoms. The van der Waals surface area contributed by atoms with Gasteiger partial charge in [0.25, 0.3) is 0 Å². The van der Waals surface area contributed by atoms with Gasteiger partial charge in [0.05, 0.1) is 11.7 Å². The van der Waals surface area contributed by atoms with E-state index < -0.39 is 0 Å². The van der Waals surface area contributed by atoms with Gasteiger partial charge in [-0.05, 0) is 25.7 Å². The molecule has 1 aliphatic heterocycles. The number of carbonyl (C=O) groups is 1. The molecule has 1 N–H and O–H groups in total. The van der Waals surface area contributed by atoms with Crippen molar-refractivity contribution in [3.63, 3.8) is 0 Å². The predicted octanol–water partition coefficient (Wildman–Crippen LogP) is 0.886. The highest BCUT2D eigenvalue weighted by molar-refractivity contribution is 5.73. The molecule has 1 aliphatic rings. The van der Waals surface area contributed by atoms with Crippen LogP contribution in [0, 0.1) is 5.92 Å². The molecule has 2 heterocycles. The van der Waals surface area contributed by atoms with Crippen LogP contribution in [-0.4, -0.2) is 40.6 Å². The van der Waals surface area contributed by atoms with Gasteiger partial charge < -0.3 is 10.0 Å². The molecule has 1 aromatic rings. The number of aldehydes is 1. The van der Waals surface area contributed by atoms with Gasteiger partial charge in [-0.15, -0.1) is 0 Å². The number of aromatic nitrogens is 2. The Kier molecular flexibility index (Phi) is 3.68. The number of piperidine rings is 1. The van der Waals surface area contributed by atoms with Crippen molar-refractivity contribution in [3.05, 3.63) is 18.0 Å². The number of nitrogens with zero attached hydrogens (tertiary/aromatic N) is 3. The Morgan fingerprint density at radius 1 is 1.41 bits per heavy atom. The summed E-state index contributed by atoms with van der Waals surface area (Å²) < 4.78 is 0. The second kappa shape index (κ2) is 5.23. The molecule has 0 aliphatic carbocycles. The summed E-state index contributed by atoms with van der Waals surface area (Å²) in [6.07, 6.45) is 5.48. The molecule has 0 aromatic carbocycles. The van der Waals surface area contributed by atoms with Crippen LogP contribution < -0.4 is 4.90 Å². The highest BCUT2D eigenvalue weighted by atomic mass is 16.3. The van der Waals surface area contributed by atoms with Gasteiger partial charge in [0, 0.05) is 25.5 Å². The Morgan fingerprint density at radius 3 is 2.47 bits per heavy atom. The Labute approximate surface area is 100 Å². The number of rotatable bonds is 3. The van der Waals surface area contributed by atoms with E-state index >= 15 is 0 Å². The van der Waals surface area contributed by atoms with Gasteiger partial charge in [0.15, 0.2) is 6.29 Å². The lowest BCUT2D eigenvalue weighted by Gasteiger charge is -2.33. The van der Waals surface area contributed by atoms with E-state index in [1.54, 1.807) is 0 Å². The largest absolute Gasteiger partial charge is 0.393 e. The minimum Gasteiger partial charge on any atom is -0.393 e. The van der Waals surface area contributed by atoms with Crippen molar-refractivity contribution in [2.45, 2.75) is 25.9 Å². The number of carbonyl (C=O) groups excluding carboxylic acids is 1. The maximum atomic E-state index is 10.5. The molecule has 0 bridgehead atoms. The summed E-state index contributed by atoms with van der Waals surface area (Å²) in [5, 5.41) is 9.51.